The maximum atomic E-state index is 14.7. The molecule has 3 amide bonds. The van der Waals surface area contributed by atoms with Gasteiger partial charge in [0.2, 0.25) is 0 Å². The molecule has 0 radical (unpaired) electrons. The van der Waals surface area contributed by atoms with Gasteiger partial charge in [-0.2, -0.15) is 0 Å². The molecule has 9 nitrogen and oxygen atoms in total. The van der Waals surface area contributed by atoms with Crippen LogP contribution in [-0.4, -0.2) is 56.1 Å². The number of hydrogen-bond donors (Lipinski definition) is 3. The van der Waals surface area contributed by atoms with Crippen LogP contribution in [0.2, 0.25) is 0 Å². The van der Waals surface area contributed by atoms with E-state index in [-0.39, 0.29) is 42.3 Å². The number of halogens is 1. The Kier molecular flexibility index (Phi) is 6.90. The number of aryl methyl sites for hydroxylation is 1. The van der Waals surface area contributed by atoms with Crippen LogP contribution < -0.4 is 16.2 Å². The van der Waals surface area contributed by atoms with Crippen molar-refractivity contribution in [3.63, 3.8) is 0 Å². The maximum absolute atomic E-state index is 14.7. The summed E-state index contributed by atoms with van der Waals surface area (Å²) in [6.07, 6.45) is 1.20. The molecule has 4 N–H and O–H groups in total. The van der Waals surface area contributed by atoms with Gasteiger partial charge in [0.25, 0.3) is 5.91 Å². The normalized spacial score (nSPS) is 15.2. The summed E-state index contributed by atoms with van der Waals surface area (Å²) in [5.41, 5.74) is 4.06. The second kappa shape index (κ2) is 9.45. The molecule has 0 aromatic heterocycles. The van der Waals surface area contributed by atoms with Gasteiger partial charge in [0.1, 0.15) is 5.82 Å². The Labute approximate surface area is 185 Å². The molecule has 2 aromatic rings. The van der Waals surface area contributed by atoms with E-state index in [1.165, 1.54) is 28.1 Å². The molecule has 0 aliphatic carbocycles. The Hall–Kier alpha value is -3.31. The summed E-state index contributed by atoms with van der Waals surface area (Å²) in [4.78, 5) is 27.8. The van der Waals surface area contributed by atoms with E-state index in [0.29, 0.717) is 11.3 Å². The summed E-state index contributed by atoms with van der Waals surface area (Å²) in [5, 5.41) is 7.46. The van der Waals surface area contributed by atoms with Gasteiger partial charge in [-0.3, -0.25) is 15.1 Å². The minimum Gasteiger partial charge on any atom is -0.322 e. The number of carbonyl (C=O) groups excluding carboxylic acids is 2. The quantitative estimate of drug-likeness (QED) is 0.269. The SMILES string of the molecule is Cc1cc(N(Cc2ccc(C(=O)NN)cc2F)C(=O)N2CCS(=O)(=O)CC2)ccc1C=N. The first-order valence-corrected chi connectivity index (χ1v) is 11.6. The molecule has 11 heteroatoms. The summed E-state index contributed by atoms with van der Waals surface area (Å²) in [5.74, 6) is 3.51. The van der Waals surface area contributed by atoms with Crippen LogP contribution in [0.5, 0.6) is 0 Å². The number of hydrazine groups is 1. The number of anilines is 1. The zero-order valence-electron chi connectivity index (χ0n) is 17.5. The first-order chi connectivity index (χ1) is 15.1. The topological polar surface area (TPSA) is 137 Å². The number of sulfone groups is 1. The average Bonchev–Trinajstić information content (AvgIpc) is 2.77. The minimum absolute atomic E-state index is 0.0408. The zero-order valence-corrected chi connectivity index (χ0v) is 18.3. The van der Waals surface area contributed by atoms with Gasteiger partial charge in [-0.05, 0) is 42.3 Å². The highest BCUT2D eigenvalue weighted by atomic mass is 32.2. The van der Waals surface area contributed by atoms with Crippen molar-refractivity contribution in [1.29, 1.82) is 5.41 Å². The number of benzene rings is 2. The summed E-state index contributed by atoms with van der Waals surface area (Å²) in [6.45, 7) is 1.75. The van der Waals surface area contributed by atoms with Gasteiger partial charge in [-0.15, -0.1) is 0 Å². The molecule has 1 fully saturated rings. The summed E-state index contributed by atoms with van der Waals surface area (Å²) < 4.78 is 38.3. The second-order valence-corrected chi connectivity index (χ2v) is 9.78. The average molecular weight is 462 g/mol. The number of nitrogen functional groups attached to an aromatic ring is 1. The highest BCUT2D eigenvalue weighted by Crippen LogP contribution is 2.24. The number of urea groups is 1. The van der Waals surface area contributed by atoms with E-state index in [1.807, 2.05) is 5.43 Å². The van der Waals surface area contributed by atoms with E-state index in [1.54, 1.807) is 25.1 Å². The molecule has 32 heavy (non-hydrogen) atoms. The third-order valence-corrected chi connectivity index (χ3v) is 6.95. The fourth-order valence-electron chi connectivity index (χ4n) is 3.40. The Morgan fingerprint density at radius 1 is 1.22 bits per heavy atom. The lowest BCUT2D eigenvalue weighted by molar-refractivity contribution is 0.0953. The Morgan fingerprint density at radius 2 is 1.91 bits per heavy atom. The van der Waals surface area contributed by atoms with E-state index in [0.717, 1.165) is 11.6 Å². The highest BCUT2D eigenvalue weighted by Gasteiger charge is 2.29. The lowest BCUT2D eigenvalue weighted by Gasteiger charge is -2.33. The molecule has 0 atom stereocenters. The molecule has 0 unspecified atom stereocenters. The zero-order chi connectivity index (χ0) is 23.5. The van der Waals surface area contributed by atoms with Gasteiger partial charge in [0.05, 0.1) is 18.1 Å². The number of nitrogens with one attached hydrogen (secondary N) is 2. The molecule has 170 valence electrons. The molecule has 2 aromatic carbocycles. The molecule has 3 rings (SSSR count). The van der Waals surface area contributed by atoms with E-state index >= 15 is 0 Å². The van der Waals surface area contributed by atoms with Gasteiger partial charge in [-0.1, -0.05) is 12.1 Å². The Bertz CT molecular complexity index is 1150. The molecule has 1 saturated heterocycles. The van der Waals surface area contributed by atoms with Gasteiger partial charge in [-0.25, -0.2) is 23.4 Å². The first-order valence-electron chi connectivity index (χ1n) is 9.82. The molecule has 1 heterocycles. The summed E-state index contributed by atoms with van der Waals surface area (Å²) >= 11 is 0. The fraction of sp³-hybridized carbons (Fsp3) is 0.286. The molecular formula is C21H24FN5O4S. The second-order valence-electron chi connectivity index (χ2n) is 7.47. The maximum Gasteiger partial charge on any atom is 0.324 e. The van der Waals surface area contributed by atoms with Crippen molar-refractivity contribution in [2.75, 3.05) is 29.5 Å². The minimum atomic E-state index is -3.18. The van der Waals surface area contributed by atoms with Crippen LogP contribution in [0.3, 0.4) is 0 Å². The van der Waals surface area contributed by atoms with Crippen LogP contribution in [0.1, 0.15) is 27.0 Å². The van der Waals surface area contributed by atoms with Crippen LogP contribution in [0.15, 0.2) is 36.4 Å². The van der Waals surface area contributed by atoms with E-state index < -0.39 is 27.6 Å². The lowest BCUT2D eigenvalue weighted by atomic mass is 10.1. The predicted octanol–water partition coefficient (Wildman–Crippen LogP) is 1.59. The number of carbonyl (C=O) groups is 2. The fourth-order valence-corrected chi connectivity index (χ4v) is 4.61. The smallest absolute Gasteiger partial charge is 0.322 e. The lowest BCUT2D eigenvalue weighted by Crippen LogP contribution is -2.49. The Balaban J connectivity index is 1.95. The van der Waals surface area contributed by atoms with Crippen LogP contribution in [0.4, 0.5) is 14.9 Å². The summed E-state index contributed by atoms with van der Waals surface area (Å²) in [6, 6.07) is 8.44. The van der Waals surface area contributed by atoms with Crippen LogP contribution in [0.25, 0.3) is 0 Å². The molecule has 1 aliphatic rings. The number of hydrogen-bond acceptors (Lipinski definition) is 6. The van der Waals surface area contributed by atoms with E-state index in [9.17, 15) is 22.4 Å². The van der Waals surface area contributed by atoms with Crippen LogP contribution in [-0.2, 0) is 16.4 Å². The number of nitrogens with two attached hydrogens (primary N) is 1. The summed E-state index contributed by atoms with van der Waals surface area (Å²) in [7, 11) is -3.18. The van der Waals surface area contributed by atoms with Crippen molar-refractivity contribution in [3.05, 3.63) is 64.5 Å². The van der Waals surface area contributed by atoms with E-state index in [4.69, 9.17) is 11.3 Å². The van der Waals surface area contributed by atoms with Gasteiger partial charge in [0.15, 0.2) is 9.84 Å². The van der Waals surface area contributed by atoms with Crippen molar-refractivity contribution in [2.24, 2.45) is 5.84 Å². The van der Waals surface area contributed by atoms with Crippen molar-refractivity contribution in [2.45, 2.75) is 13.5 Å². The molecule has 0 spiro atoms. The number of amides is 3. The monoisotopic (exact) mass is 461 g/mol. The van der Waals surface area contributed by atoms with Crippen LogP contribution in [0, 0.1) is 18.2 Å². The molecule has 0 saturated carbocycles. The first kappa shape index (κ1) is 23.4. The van der Waals surface area contributed by atoms with Gasteiger partial charge < -0.3 is 10.3 Å². The van der Waals surface area contributed by atoms with Crippen molar-refractivity contribution in [1.82, 2.24) is 10.3 Å². The third-order valence-electron chi connectivity index (χ3n) is 5.34. The van der Waals surface area contributed by atoms with Crippen LogP contribution >= 0.6 is 0 Å². The number of rotatable bonds is 5. The van der Waals surface area contributed by atoms with Crippen molar-refractivity contribution < 1.29 is 22.4 Å². The van der Waals surface area contributed by atoms with Gasteiger partial charge >= 0.3 is 6.03 Å². The largest absolute Gasteiger partial charge is 0.324 e. The number of nitrogens with zero attached hydrogens (tertiary/aromatic N) is 2. The van der Waals surface area contributed by atoms with E-state index in [2.05, 4.69) is 0 Å². The predicted molar refractivity (Wildman–Crippen MR) is 119 cm³/mol. The Morgan fingerprint density at radius 3 is 2.47 bits per heavy atom. The highest BCUT2D eigenvalue weighted by molar-refractivity contribution is 7.91. The van der Waals surface area contributed by atoms with Gasteiger partial charge in [0, 0.05) is 36.1 Å². The molecular weight excluding hydrogens is 437 g/mol. The molecule has 1 aliphatic heterocycles. The molecule has 0 bridgehead atoms. The van der Waals surface area contributed by atoms with Crippen molar-refractivity contribution >= 4 is 33.7 Å². The standard InChI is InChI=1S/C21H24FN5O4S/c1-14-10-18(5-4-16(14)12-23)27(21(29)26-6-8-32(30,31)9-7-26)13-17-3-2-15(11-19(17)22)20(28)25-24/h2-5,10-12,23H,6-9,13,24H2,1H3,(H,25,28). The van der Waals surface area contributed by atoms with Crippen molar-refractivity contribution in [3.8, 4) is 0 Å². The third kappa shape index (κ3) is 5.11.